The number of carbonyl (C=O) groups is 2. The van der Waals surface area contributed by atoms with Crippen LogP contribution in [0.15, 0.2) is 30.3 Å². The molecule has 1 aromatic rings. The highest BCUT2D eigenvalue weighted by molar-refractivity contribution is 5.77. The molecule has 0 bridgehead atoms. The van der Waals surface area contributed by atoms with Gasteiger partial charge in [-0.05, 0) is 23.8 Å². The molecule has 1 aliphatic rings. The van der Waals surface area contributed by atoms with E-state index in [1.165, 1.54) is 12.7 Å². The van der Waals surface area contributed by atoms with Crippen molar-refractivity contribution in [3.05, 3.63) is 35.9 Å². The lowest BCUT2D eigenvalue weighted by Crippen LogP contribution is -2.43. The molecule has 0 aromatic heterocycles. The van der Waals surface area contributed by atoms with Gasteiger partial charge in [-0.25, -0.2) is 4.79 Å². The highest BCUT2D eigenvalue weighted by Crippen LogP contribution is 2.34. The molecule has 1 aliphatic heterocycles. The molecule has 1 aromatic carbocycles. The number of nitrogens with one attached hydrogen (secondary N) is 1. The van der Waals surface area contributed by atoms with E-state index < -0.39 is 6.09 Å². The van der Waals surface area contributed by atoms with Crippen LogP contribution in [-0.4, -0.2) is 43.6 Å². The molecule has 0 aliphatic carbocycles. The lowest BCUT2D eigenvalue weighted by Gasteiger charge is -2.38. The lowest BCUT2D eigenvalue weighted by atomic mass is 9.79. The Morgan fingerprint density at radius 1 is 1.30 bits per heavy atom. The van der Waals surface area contributed by atoms with Gasteiger partial charge in [0.05, 0.1) is 7.11 Å². The van der Waals surface area contributed by atoms with E-state index in [-0.39, 0.29) is 5.91 Å². The van der Waals surface area contributed by atoms with Gasteiger partial charge in [-0.15, -0.1) is 0 Å². The molecule has 1 fully saturated rings. The molecule has 5 heteroatoms. The van der Waals surface area contributed by atoms with Gasteiger partial charge in [-0.1, -0.05) is 43.7 Å². The van der Waals surface area contributed by atoms with E-state index in [9.17, 15) is 9.59 Å². The Balaban J connectivity index is 1.88. The van der Waals surface area contributed by atoms with Crippen LogP contribution in [0.1, 0.15) is 37.7 Å². The van der Waals surface area contributed by atoms with Gasteiger partial charge in [0.15, 0.2) is 0 Å². The summed E-state index contributed by atoms with van der Waals surface area (Å²) in [6.07, 6.45) is 1.89. The van der Waals surface area contributed by atoms with E-state index in [1.807, 2.05) is 11.0 Å². The highest BCUT2D eigenvalue weighted by atomic mass is 16.5. The van der Waals surface area contributed by atoms with Crippen LogP contribution in [0.25, 0.3) is 0 Å². The number of nitrogens with zero attached hydrogens (tertiary/aromatic N) is 1. The first kappa shape index (κ1) is 17.3. The van der Waals surface area contributed by atoms with Gasteiger partial charge in [-0.3, -0.25) is 4.79 Å². The van der Waals surface area contributed by atoms with E-state index in [0.717, 1.165) is 25.9 Å². The van der Waals surface area contributed by atoms with E-state index in [1.54, 1.807) is 0 Å². The minimum absolute atomic E-state index is 0.103. The largest absolute Gasteiger partial charge is 0.453 e. The number of carbonyl (C=O) groups excluding carboxylic acids is 2. The third-order valence-corrected chi connectivity index (χ3v) is 4.63. The van der Waals surface area contributed by atoms with Gasteiger partial charge < -0.3 is 15.0 Å². The highest BCUT2D eigenvalue weighted by Gasteiger charge is 2.30. The number of likely N-dealkylation sites (tertiary alicyclic amines) is 1. The standard InChI is InChI=1S/C18H26N2O3/c1-3-14-13-20(17(21)9-11-19-18(22)23-2)12-10-16(14)15-7-5-4-6-8-15/h4-8,14,16H,3,9-13H2,1-2H3,(H,19,22)/t14-,16+/m1/s1. The monoisotopic (exact) mass is 318 g/mol. The molecule has 1 saturated heterocycles. The third kappa shape index (κ3) is 4.71. The second-order valence-corrected chi connectivity index (χ2v) is 5.98. The van der Waals surface area contributed by atoms with Crippen LogP contribution < -0.4 is 5.32 Å². The van der Waals surface area contributed by atoms with Crippen molar-refractivity contribution in [1.29, 1.82) is 0 Å². The van der Waals surface area contributed by atoms with E-state index in [2.05, 4.69) is 41.2 Å². The summed E-state index contributed by atoms with van der Waals surface area (Å²) in [7, 11) is 1.32. The zero-order valence-corrected chi connectivity index (χ0v) is 14.0. The zero-order chi connectivity index (χ0) is 16.7. The first-order chi connectivity index (χ1) is 11.2. The van der Waals surface area contributed by atoms with Gasteiger partial charge >= 0.3 is 6.09 Å². The zero-order valence-electron chi connectivity index (χ0n) is 14.0. The van der Waals surface area contributed by atoms with E-state index in [0.29, 0.717) is 24.8 Å². The molecular formula is C18H26N2O3. The van der Waals surface area contributed by atoms with E-state index >= 15 is 0 Å². The van der Waals surface area contributed by atoms with Gasteiger partial charge in [0.1, 0.15) is 0 Å². The van der Waals surface area contributed by atoms with Crippen LogP contribution in [-0.2, 0) is 9.53 Å². The molecule has 5 nitrogen and oxygen atoms in total. The Labute approximate surface area is 138 Å². The van der Waals surface area contributed by atoms with Crippen LogP contribution in [0.4, 0.5) is 4.79 Å². The molecule has 2 amide bonds. The summed E-state index contributed by atoms with van der Waals surface area (Å²) in [5.74, 6) is 1.12. The number of hydrogen-bond donors (Lipinski definition) is 1. The number of hydrogen-bond acceptors (Lipinski definition) is 3. The number of alkyl carbamates (subject to hydrolysis) is 1. The van der Waals surface area contributed by atoms with Crippen LogP contribution in [0.3, 0.4) is 0 Å². The smallest absolute Gasteiger partial charge is 0.406 e. The minimum Gasteiger partial charge on any atom is -0.453 e. The summed E-state index contributed by atoms with van der Waals surface area (Å²) in [6.45, 7) is 4.09. The fraction of sp³-hybridized carbons (Fsp3) is 0.556. The Bertz CT molecular complexity index is 518. The third-order valence-electron chi connectivity index (χ3n) is 4.63. The summed E-state index contributed by atoms with van der Waals surface area (Å²) in [5.41, 5.74) is 1.37. The lowest BCUT2D eigenvalue weighted by molar-refractivity contribution is -0.133. The average Bonchev–Trinajstić information content (AvgIpc) is 2.61. The van der Waals surface area contributed by atoms with E-state index in [4.69, 9.17) is 0 Å². The molecule has 0 spiro atoms. The molecule has 0 radical (unpaired) electrons. The van der Waals surface area contributed by atoms with Gasteiger partial charge in [0.2, 0.25) is 5.91 Å². The van der Waals surface area contributed by atoms with Crippen molar-refractivity contribution >= 4 is 12.0 Å². The SMILES string of the molecule is CC[C@@H]1CN(C(=O)CCNC(=O)OC)CC[C@@H]1c1ccccc1. The van der Waals surface area contributed by atoms with Gasteiger partial charge in [-0.2, -0.15) is 0 Å². The second kappa shape index (κ2) is 8.56. The number of methoxy groups -OCH3 is 1. The fourth-order valence-corrected chi connectivity index (χ4v) is 3.31. The molecule has 2 rings (SSSR count). The number of piperidine rings is 1. The number of amides is 2. The van der Waals surface area contributed by atoms with Crippen LogP contribution >= 0.6 is 0 Å². The van der Waals surface area contributed by atoms with Crippen molar-refractivity contribution in [2.45, 2.75) is 32.1 Å². The quantitative estimate of drug-likeness (QED) is 0.908. The maximum absolute atomic E-state index is 12.3. The van der Waals surface area contributed by atoms with Crippen molar-refractivity contribution in [3.8, 4) is 0 Å². The van der Waals surface area contributed by atoms with Crippen molar-refractivity contribution in [2.75, 3.05) is 26.7 Å². The van der Waals surface area contributed by atoms with Crippen molar-refractivity contribution in [2.24, 2.45) is 5.92 Å². The van der Waals surface area contributed by atoms with Crippen molar-refractivity contribution < 1.29 is 14.3 Å². The molecule has 23 heavy (non-hydrogen) atoms. The summed E-state index contributed by atoms with van der Waals surface area (Å²) in [4.78, 5) is 25.3. The van der Waals surface area contributed by atoms with Crippen LogP contribution in [0.5, 0.6) is 0 Å². The minimum atomic E-state index is -0.493. The molecule has 0 unspecified atom stereocenters. The summed E-state index contributed by atoms with van der Waals surface area (Å²) >= 11 is 0. The molecular weight excluding hydrogens is 292 g/mol. The number of benzene rings is 1. The van der Waals surface area contributed by atoms with Crippen LogP contribution in [0, 0.1) is 5.92 Å². The Morgan fingerprint density at radius 3 is 2.70 bits per heavy atom. The predicted octanol–water partition coefficient (Wildman–Crippen LogP) is 2.77. The van der Waals surface area contributed by atoms with Gasteiger partial charge in [0.25, 0.3) is 0 Å². The second-order valence-electron chi connectivity index (χ2n) is 5.98. The maximum Gasteiger partial charge on any atom is 0.406 e. The first-order valence-electron chi connectivity index (χ1n) is 8.30. The van der Waals surface area contributed by atoms with Crippen LogP contribution in [0.2, 0.25) is 0 Å². The van der Waals surface area contributed by atoms with Gasteiger partial charge in [0, 0.05) is 26.1 Å². The molecule has 0 saturated carbocycles. The molecule has 1 N–H and O–H groups in total. The first-order valence-corrected chi connectivity index (χ1v) is 8.30. The normalized spacial score (nSPS) is 20.9. The number of ether oxygens (including phenoxy) is 1. The topological polar surface area (TPSA) is 58.6 Å². The fourth-order valence-electron chi connectivity index (χ4n) is 3.31. The summed E-state index contributed by atoms with van der Waals surface area (Å²) in [5, 5.41) is 2.55. The maximum atomic E-state index is 12.3. The Morgan fingerprint density at radius 2 is 2.04 bits per heavy atom. The molecule has 1 heterocycles. The predicted molar refractivity (Wildman–Crippen MR) is 89.2 cm³/mol. The Kier molecular flexibility index (Phi) is 6.44. The summed E-state index contributed by atoms with van der Waals surface area (Å²) in [6, 6.07) is 10.6. The number of rotatable bonds is 5. The molecule has 2 atom stereocenters. The Hall–Kier alpha value is -2.04. The molecule has 126 valence electrons. The average molecular weight is 318 g/mol. The van der Waals surface area contributed by atoms with Crippen molar-refractivity contribution in [1.82, 2.24) is 10.2 Å². The summed E-state index contributed by atoms with van der Waals surface area (Å²) < 4.78 is 4.50. The van der Waals surface area contributed by atoms with Crippen molar-refractivity contribution in [3.63, 3.8) is 0 Å².